The Kier molecular flexibility index (Phi) is 4.58. The Morgan fingerprint density at radius 1 is 1.50 bits per heavy atom. The van der Waals surface area contributed by atoms with Crippen LogP contribution >= 0.6 is 0 Å². The van der Waals surface area contributed by atoms with Crippen LogP contribution in [0, 0.1) is 0 Å². The minimum Gasteiger partial charge on any atom is -0.355 e. The monoisotopic (exact) mass is 199 g/mol. The van der Waals surface area contributed by atoms with Crippen molar-refractivity contribution in [3.63, 3.8) is 0 Å². The van der Waals surface area contributed by atoms with E-state index in [4.69, 9.17) is 9.47 Å². The van der Waals surface area contributed by atoms with Crippen molar-refractivity contribution in [2.24, 2.45) is 0 Å². The summed E-state index contributed by atoms with van der Waals surface area (Å²) in [5.41, 5.74) is 1.12. The summed E-state index contributed by atoms with van der Waals surface area (Å²) in [6, 6.07) is 0.238. The lowest BCUT2D eigenvalue weighted by molar-refractivity contribution is -0.0997. The third-order valence-corrected chi connectivity index (χ3v) is 2.14. The molecule has 0 fully saturated rings. The first-order valence-electron chi connectivity index (χ1n) is 4.55. The molecule has 1 unspecified atom stereocenters. The number of hydrogen-bond acceptors (Lipinski definition) is 4. The number of H-pyrrole nitrogens is 1. The van der Waals surface area contributed by atoms with Crippen molar-refractivity contribution in [3.05, 3.63) is 18.0 Å². The summed E-state index contributed by atoms with van der Waals surface area (Å²) >= 11 is 0. The van der Waals surface area contributed by atoms with Crippen LogP contribution in [0.15, 0.2) is 12.4 Å². The molecule has 5 heteroatoms. The van der Waals surface area contributed by atoms with Gasteiger partial charge < -0.3 is 14.8 Å². The maximum Gasteiger partial charge on any atom is 0.169 e. The van der Waals surface area contributed by atoms with Gasteiger partial charge in [0.1, 0.15) is 0 Å². The fourth-order valence-electron chi connectivity index (χ4n) is 1.15. The van der Waals surface area contributed by atoms with Crippen molar-refractivity contribution in [2.45, 2.75) is 19.3 Å². The first-order valence-corrected chi connectivity index (χ1v) is 4.55. The largest absolute Gasteiger partial charge is 0.355 e. The minimum atomic E-state index is -0.204. The predicted molar refractivity (Wildman–Crippen MR) is 52.8 cm³/mol. The summed E-state index contributed by atoms with van der Waals surface area (Å²) in [5, 5.41) is 9.93. The van der Waals surface area contributed by atoms with Crippen LogP contribution in [-0.4, -0.2) is 37.3 Å². The van der Waals surface area contributed by atoms with Gasteiger partial charge in [0.2, 0.25) is 0 Å². The van der Waals surface area contributed by atoms with Gasteiger partial charge >= 0.3 is 0 Å². The molecule has 1 aromatic heterocycles. The Morgan fingerprint density at radius 3 is 2.71 bits per heavy atom. The van der Waals surface area contributed by atoms with E-state index in [1.807, 2.05) is 6.20 Å². The van der Waals surface area contributed by atoms with Gasteiger partial charge in [0.25, 0.3) is 0 Å². The van der Waals surface area contributed by atoms with Gasteiger partial charge in [0.15, 0.2) is 6.29 Å². The van der Waals surface area contributed by atoms with E-state index in [9.17, 15) is 0 Å². The van der Waals surface area contributed by atoms with Crippen molar-refractivity contribution in [2.75, 3.05) is 20.8 Å². The molecule has 80 valence electrons. The van der Waals surface area contributed by atoms with Crippen LogP contribution in [0.1, 0.15) is 18.5 Å². The van der Waals surface area contributed by atoms with Crippen molar-refractivity contribution in [1.82, 2.24) is 15.5 Å². The lowest BCUT2D eigenvalue weighted by atomic mass is 10.2. The van der Waals surface area contributed by atoms with E-state index in [-0.39, 0.29) is 12.3 Å². The number of rotatable bonds is 6. The van der Waals surface area contributed by atoms with Gasteiger partial charge in [-0.05, 0) is 6.92 Å². The normalized spacial score (nSPS) is 13.4. The molecule has 0 aliphatic carbocycles. The standard InChI is InChI=1S/C9H17N3O2/c1-7(8-4-11-12-5-8)10-6-9(13-2)14-3/h4-5,7,9-10H,6H2,1-3H3,(H,11,12). The van der Waals surface area contributed by atoms with Crippen molar-refractivity contribution in [3.8, 4) is 0 Å². The van der Waals surface area contributed by atoms with Crippen molar-refractivity contribution < 1.29 is 9.47 Å². The number of ether oxygens (including phenoxy) is 2. The topological polar surface area (TPSA) is 59.2 Å². The Bertz CT molecular complexity index is 234. The second kappa shape index (κ2) is 5.74. The van der Waals surface area contributed by atoms with E-state index < -0.39 is 0 Å². The average molecular weight is 199 g/mol. The molecule has 0 amide bonds. The summed E-state index contributed by atoms with van der Waals surface area (Å²) in [6.45, 7) is 2.71. The molecule has 0 aliphatic heterocycles. The van der Waals surface area contributed by atoms with Gasteiger partial charge in [-0.1, -0.05) is 0 Å². The first kappa shape index (κ1) is 11.2. The highest BCUT2D eigenvalue weighted by atomic mass is 16.7. The van der Waals surface area contributed by atoms with E-state index in [0.717, 1.165) is 5.56 Å². The maximum atomic E-state index is 5.06. The number of aromatic nitrogens is 2. The number of nitrogens with zero attached hydrogens (tertiary/aromatic N) is 1. The van der Waals surface area contributed by atoms with E-state index in [0.29, 0.717) is 6.54 Å². The summed E-state index contributed by atoms with van der Waals surface area (Å²) in [4.78, 5) is 0. The molecule has 1 atom stereocenters. The molecule has 1 aromatic rings. The van der Waals surface area contributed by atoms with E-state index >= 15 is 0 Å². The molecule has 1 heterocycles. The molecule has 0 radical (unpaired) electrons. The summed E-state index contributed by atoms with van der Waals surface area (Å²) in [5.74, 6) is 0. The molecule has 0 saturated heterocycles. The second-order valence-corrected chi connectivity index (χ2v) is 3.06. The molecular weight excluding hydrogens is 182 g/mol. The maximum absolute atomic E-state index is 5.06. The predicted octanol–water partition coefficient (Wildman–Crippen LogP) is 0.679. The lowest BCUT2D eigenvalue weighted by Gasteiger charge is -2.17. The van der Waals surface area contributed by atoms with Gasteiger partial charge in [-0.15, -0.1) is 0 Å². The Hall–Kier alpha value is -0.910. The smallest absolute Gasteiger partial charge is 0.169 e. The van der Waals surface area contributed by atoms with Crippen molar-refractivity contribution in [1.29, 1.82) is 0 Å². The summed E-state index contributed by atoms with van der Waals surface area (Å²) in [6.07, 6.45) is 3.46. The van der Waals surface area contributed by atoms with E-state index in [1.165, 1.54) is 0 Å². The Labute approximate surface area is 83.8 Å². The molecule has 0 saturated carbocycles. The number of hydrogen-bond donors (Lipinski definition) is 2. The highest BCUT2D eigenvalue weighted by Crippen LogP contribution is 2.08. The average Bonchev–Trinajstić information content (AvgIpc) is 2.72. The summed E-state index contributed by atoms with van der Waals surface area (Å²) in [7, 11) is 3.25. The highest BCUT2D eigenvalue weighted by Gasteiger charge is 2.09. The van der Waals surface area contributed by atoms with Gasteiger partial charge in [-0.25, -0.2) is 0 Å². The molecule has 0 aliphatic rings. The molecule has 0 bridgehead atoms. The van der Waals surface area contributed by atoms with Gasteiger partial charge in [-0.2, -0.15) is 5.10 Å². The van der Waals surface area contributed by atoms with Gasteiger partial charge in [0, 0.05) is 38.6 Å². The fourth-order valence-corrected chi connectivity index (χ4v) is 1.15. The van der Waals surface area contributed by atoms with Crippen LogP contribution < -0.4 is 5.32 Å². The molecule has 0 aromatic carbocycles. The van der Waals surface area contributed by atoms with Crippen LogP contribution in [-0.2, 0) is 9.47 Å². The molecule has 0 spiro atoms. The third-order valence-electron chi connectivity index (χ3n) is 2.14. The SMILES string of the molecule is COC(CNC(C)c1cn[nH]c1)OC. The Morgan fingerprint density at radius 2 is 2.21 bits per heavy atom. The first-order chi connectivity index (χ1) is 6.77. The summed E-state index contributed by atoms with van der Waals surface area (Å²) < 4.78 is 10.1. The molecule has 5 nitrogen and oxygen atoms in total. The van der Waals surface area contributed by atoms with Gasteiger partial charge in [-0.3, -0.25) is 5.10 Å². The van der Waals surface area contributed by atoms with Crippen LogP contribution in [0.4, 0.5) is 0 Å². The molecule has 2 N–H and O–H groups in total. The zero-order valence-electron chi connectivity index (χ0n) is 8.78. The molecular formula is C9H17N3O2. The van der Waals surface area contributed by atoms with Crippen LogP contribution in [0.3, 0.4) is 0 Å². The van der Waals surface area contributed by atoms with Gasteiger partial charge in [0.05, 0.1) is 6.20 Å². The quantitative estimate of drug-likeness (QED) is 0.661. The fraction of sp³-hybridized carbons (Fsp3) is 0.667. The van der Waals surface area contributed by atoms with Crippen LogP contribution in [0.25, 0.3) is 0 Å². The zero-order valence-corrected chi connectivity index (χ0v) is 8.78. The minimum absolute atomic E-state index is 0.204. The number of methoxy groups -OCH3 is 2. The molecule has 1 rings (SSSR count). The van der Waals surface area contributed by atoms with E-state index in [2.05, 4.69) is 22.4 Å². The zero-order chi connectivity index (χ0) is 10.4. The second-order valence-electron chi connectivity index (χ2n) is 3.06. The lowest BCUT2D eigenvalue weighted by Crippen LogP contribution is -2.31. The van der Waals surface area contributed by atoms with E-state index in [1.54, 1.807) is 20.4 Å². The number of nitrogens with one attached hydrogen (secondary N) is 2. The molecule has 14 heavy (non-hydrogen) atoms. The van der Waals surface area contributed by atoms with Crippen molar-refractivity contribution >= 4 is 0 Å². The Balaban J connectivity index is 2.31. The van der Waals surface area contributed by atoms with Crippen LogP contribution in [0.5, 0.6) is 0 Å². The highest BCUT2D eigenvalue weighted by molar-refractivity contribution is 5.07. The number of aromatic amines is 1. The van der Waals surface area contributed by atoms with Crippen LogP contribution in [0.2, 0.25) is 0 Å². The third kappa shape index (κ3) is 3.10.